The smallest absolute Gasteiger partial charge is 0.173 e. The van der Waals surface area contributed by atoms with Gasteiger partial charge < -0.3 is 0 Å². The molecule has 1 heterocycles. The highest BCUT2D eigenvalue weighted by molar-refractivity contribution is 6.13. The second-order valence-corrected chi connectivity index (χ2v) is 4.72. The highest BCUT2D eigenvalue weighted by Crippen LogP contribution is 2.13. The van der Waals surface area contributed by atoms with E-state index in [1.165, 1.54) is 6.20 Å². The third kappa shape index (κ3) is 2.96. The van der Waals surface area contributed by atoms with Crippen LogP contribution in [0.25, 0.3) is 0 Å². The molecule has 98 valence electrons. The first-order chi connectivity index (χ1) is 8.97. The first-order valence-corrected chi connectivity index (χ1v) is 6.09. The fraction of sp³-hybridized carbons (Fsp3) is 0.267. The van der Waals surface area contributed by atoms with Crippen LogP contribution in [0.1, 0.15) is 38.3 Å². The quantitative estimate of drug-likeness (QED) is 0.624. The molecule has 4 heteroatoms. The van der Waals surface area contributed by atoms with Gasteiger partial charge in [0.15, 0.2) is 11.6 Å². The molecule has 0 aliphatic rings. The van der Waals surface area contributed by atoms with Crippen molar-refractivity contribution in [1.82, 2.24) is 9.78 Å². The molecule has 0 radical (unpaired) electrons. The summed E-state index contributed by atoms with van der Waals surface area (Å²) in [7, 11) is 1.74. The summed E-state index contributed by atoms with van der Waals surface area (Å²) in [5.74, 6) is -0.353. The van der Waals surface area contributed by atoms with Crippen LogP contribution in [0.15, 0.2) is 30.6 Å². The second kappa shape index (κ2) is 5.18. The molecule has 0 N–H and O–H groups in total. The minimum atomic E-state index is -0.198. The SMILES string of the molecule is Cc1ccc(C(=O)CC(=O)c2cnn(C)c2)cc1C. The van der Waals surface area contributed by atoms with Crippen LogP contribution in [-0.4, -0.2) is 21.3 Å². The van der Waals surface area contributed by atoms with E-state index in [1.807, 2.05) is 26.0 Å². The number of ketones is 2. The Morgan fingerprint density at radius 1 is 1.11 bits per heavy atom. The Balaban J connectivity index is 2.12. The molecule has 19 heavy (non-hydrogen) atoms. The Morgan fingerprint density at radius 2 is 1.79 bits per heavy atom. The van der Waals surface area contributed by atoms with Gasteiger partial charge in [0.2, 0.25) is 0 Å². The maximum Gasteiger partial charge on any atom is 0.173 e. The molecule has 1 aromatic heterocycles. The van der Waals surface area contributed by atoms with Crippen LogP contribution in [0.5, 0.6) is 0 Å². The van der Waals surface area contributed by atoms with Crippen LogP contribution in [-0.2, 0) is 7.05 Å². The van der Waals surface area contributed by atoms with Gasteiger partial charge in [-0.1, -0.05) is 12.1 Å². The van der Waals surface area contributed by atoms with Crippen LogP contribution < -0.4 is 0 Å². The largest absolute Gasteiger partial charge is 0.294 e. The number of nitrogens with zero attached hydrogens (tertiary/aromatic N) is 2. The molecule has 0 amide bonds. The molecule has 0 bridgehead atoms. The van der Waals surface area contributed by atoms with Gasteiger partial charge in [-0.25, -0.2) is 0 Å². The van der Waals surface area contributed by atoms with Crippen molar-refractivity contribution in [3.63, 3.8) is 0 Å². The molecule has 0 atom stereocenters. The minimum Gasteiger partial charge on any atom is -0.294 e. The molecule has 1 aromatic carbocycles. The Kier molecular flexibility index (Phi) is 3.60. The van der Waals surface area contributed by atoms with Gasteiger partial charge in [0.25, 0.3) is 0 Å². The van der Waals surface area contributed by atoms with Gasteiger partial charge in [0.1, 0.15) is 0 Å². The van der Waals surface area contributed by atoms with Crippen molar-refractivity contribution in [3.05, 3.63) is 52.8 Å². The standard InChI is InChI=1S/C15H16N2O2/c1-10-4-5-12(6-11(10)2)14(18)7-15(19)13-8-16-17(3)9-13/h4-6,8-9H,7H2,1-3H3. The monoisotopic (exact) mass is 256 g/mol. The first kappa shape index (κ1) is 13.2. The van der Waals surface area contributed by atoms with Crippen molar-refractivity contribution in [2.24, 2.45) is 7.05 Å². The lowest BCUT2D eigenvalue weighted by atomic mass is 10.00. The maximum absolute atomic E-state index is 12.1. The van der Waals surface area contributed by atoms with E-state index in [-0.39, 0.29) is 18.0 Å². The minimum absolute atomic E-state index is 0.117. The number of aryl methyl sites for hydroxylation is 3. The fourth-order valence-corrected chi connectivity index (χ4v) is 1.83. The number of carbonyl (C=O) groups is 2. The zero-order valence-electron chi connectivity index (χ0n) is 11.3. The third-order valence-corrected chi connectivity index (χ3v) is 3.18. The van der Waals surface area contributed by atoms with E-state index < -0.39 is 0 Å². The molecule has 0 saturated carbocycles. The molecule has 0 aliphatic carbocycles. The fourth-order valence-electron chi connectivity index (χ4n) is 1.83. The summed E-state index contributed by atoms with van der Waals surface area (Å²) in [5, 5.41) is 3.93. The van der Waals surface area contributed by atoms with Crippen LogP contribution in [0.4, 0.5) is 0 Å². The second-order valence-electron chi connectivity index (χ2n) is 4.72. The van der Waals surface area contributed by atoms with Gasteiger partial charge in [-0.2, -0.15) is 5.10 Å². The zero-order valence-corrected chi connectivity index (χ0v) is 11.3. The summed E-state index contributed by atoms with van der Waals surface area (Å²) < 4.78 is 1.55. The Hall–Kier alpha value is -2.23. The van der Waals surface area contributed by atoms with Crippen molar-refractivity contribution < 1.29 is 9.59 Å². The van der Waals surface area contributed by atoms with Crippen molar-refractivity contribution in [3.8, 4) is 0 Å². The van der Waals surface area contributed by atoms with Gasteiger partial charge in [0, 0.05) is 18.8 Å². The molecular weight excluding hydrogens is 240 g/mol. The molecule has 0 fully saturated rings. The van der Waals surface area contributed by atoms with Crippen molar-refractivity contribution >= 4 is 11.6 Å². The lowest BCUT2D eigenvalue weighted by molar-refractivity contribution is 0.0894. The van der Waals surface area contributed by atoms with Crippen molar-refractivity contribution in [2.45, 2.75) is 20.3 Å². The molecule has 0 saturated heterocycles. The number of carbonyl (C=O) groups excluding carboxylic acids is 2. The van der Waals surface area contributed by atoms with E-state index in [2.05, 4.69) is 5.10 Å². The van der Waals surface area contributed by atoms with Gasteiger partial charge in [-0.3, -0.25) is 14.3 Å². The Labute approximate surface area is 112 Å². The molecule has 0 spiro atoms. The summed E-state index contributed by atoms with van der Waals surface area (Å²) in [6.07, 6.45) is 2.99. The summed E-state index contributed by atoms with van der Waals surface area (Å²) in [6, 6.07) is 5.49. The van der Waals surface area contributed by atoms with Gasteiger partial charge in [-0.05, 0) is 31.0 Å². The molecular formula is C15H16N2O2. The average Bonchev–Trinajstić information content (AvgIpc) is 2.79. The van der Waals surface area contributed by atoms with Crippen LogP contribution >= 0.6 is 0 Å². The summed E-state index contributed by atoms with van der Waals surface area (Å²) in [4.78, 5) is 24.0. The third-order valence-electron chi connectivity index (χ3n) is 3.18. The summed E-state index contributed by atoms with van der Waals surface area (Å²) >= 11 is 0. The van der Waals surface area contributed by atoms with E-state index in [9.17, 15) is 9.59 Å². The van der Waals surface area contributed by atoms with E-state index in [0.29, 0.717) is 11.1 Å². The summed E-state index contributed by atoms with van der Waals surface area (Å²) in [5.41, 5.74) is 3.25. The number of aromatic nitrogens is 2. The average molecular weight is 256 g/mol. The van der Waals surface area contributed by atoms with E-state index in [4.69, 9.17) is 0 Å². The highest BCUT2D eigenvalue weighted by Gasteiger charge is 2.15. The normalized spacial score (nSPS) is 10.5. The molecule has 2 aromatic rings. The highest BCUT2D eigenvalue weighted by atomic mass is 16.1. The van der Waals surface area contributed by atoms with E-state index in [0.717, 1.165) is 11.1 Å². The van der Waals surface area contributed by atoms with Crippen LogP contribution in [0.2, 0.25) is 0 Å². The number of rotatable bonds is 4. The number of benzene rings is 1. The van der Waals surface area contributed by atoms with Crippen LogP contribution in [0, 0.1) is 13.8 Å². The molecule has 2 rings (SSSR count). The first-order valence-electron chi connectivity index (χ1n) is 6.09. The van der Waals surface area contributed by atoms with Gasteiger partial charge in [-0.15, -0.1) is 0 Å². The van der Waals surface area contributed by atoms with E-state index >= 15 is 0 Å². The van der Waals surface area contributed by atoms with Crippen molar-refractivity contribution in [1.29, 1.82) is 0 Å². The van der Waals surface area contributed by atoms with Crippen molar-refractivity contribution in [2.75, 3.05) is 0 Å². The predicted octanol–water partition coefficient (Wildman–Crippen LogP) is 2.49. The van der Waals surface area contributed by atoms with Crippen LogP contribution in [0.3, 0.4) is 0 Å². The maximum atomic E-state index is 12.1. The molecule has 0 unspecified atom stereocenters. The molecule has 0 aliphatic heterocycles. The number of hydrogen-bond donors (Lipinski definition) is 0. The van der Waals surface area contributed by atoms with E-state index in [1.54, 1.807) is 24.0 Å². The van der Waals surface area contributed by atoms with Gasteiger partial charge >= 0.3 is 0 Å². The number of Topliss-reactive ketones (excluding diaryl/α,β-unsaturated/α-hetero) is 2. The molecule has 4 nitrogen and oxygen atoms in total. The Morgan fingerprint density at radius 3 is 2.37 bits per heavy atom. The predicted molar refractivity (Wildman–Crippen MR) is 72.4 cm³/mol. The lowest BCUT2D eigenvalue weighted by Crippen LogP contribution is -2.08. The summed E-state index contributed by atoms with van der Waals surface area (Å²) in [6.45, 7) is 3.94. The topological polar surface area (TPSA) is 52.0 Å². The zero-order chi connectivity index (χ0) is 14.0. The number of hydrogen-bond acceptors (Lipinski definition) is 3. The Bertz CT molecular complexity index is 641. The lowest BCUT2D eigenvalue weighted by Gasteiger charge is -2.03. The van der Waals surface area contributed by atoms with Gasteiger partial charge in [0.05, 0.1) is 18.2 Å².